The van der Waals surface area contributed by atoms with Gasteiger partial charge in [0.05, 0.1) is 6.04 Å². The van der Waals surface area contributed by atoms with Crippen LogP contribution in [-0.4, -0.2) is 5.11 Å². The zero-order chi connectivity index (χ0) is 13.4. The molecule has 0 fully saturated rings. The molecule has 0 spiro atoms. The molecule has 0 aromatic heterocycles. The number of aromatic hydroxyl groups is 1. The van der Waals surface area contributed by atoms with E-state index in [9.17, 15) is 9.50 Å². The van der Waals surface area contributed by atoms with Gasteiger partial charge in [0.1, 0.15) is 11.6 Å². The van der Waals surface area contributed by atoms with E-state index in [1.807, 2.05) is 18.2 Å². The fourth-order valence-corrected chi connectivity index (χ4v) is 2.71. The van der Waals surface area contributed by atoms with Crippen molar-refractivity contribution in [3.8, 4) is 5.75 Å². The van der Waals surface area contributed by atoms with Gasteiger partial charge in [0.15, 0.2) is 0 Å². The summed E-state index contributed by atoms with van der Waals surface area (Å²) >= 11 is 0. The standard InChI is InChI=1S/C16H16FNO/c1-10-14(17)3-2-4-15(10)18-16-8-5-11-9-12(19)6-7-13(11)16/h2-4,6-7,9,16,18-19H,5,8H2,1H3. The van der Waals surface area contributed by atoms with Crippen molar-refractivity contribution < 1.29 is 9.50 Å². The number of anilines is 1. The average Bonchev–Trinajstić information content (AvgIpc) is 2.77. The van der Waals surface area contributed by atoms with Gasteiger partial charge in [-0.1, -0.05) is 12.1 Å². The average molecular weight is 257 g/mol. The number of phenolic OH excluding ortho intramolecular Hbond substituents is 1. The van der Waals surface area contributed by atoms with Crippen LogP contribution in [0.4, 0.5) is 10.1 Å². The number of phenols is 1. The van der Waals surface area contributed by atoms with Gasteiger partial charge in [-0.05, 0) is 55.2 Å². The van der Waals surface area contributed by atoms with Gasteiger partial charge in [-0.2, -0.15) is 0 Å². The summed E-state index contributed by atoms with van der Waals surface area (Å²) in [7, 11) is 0. The van der Waals surface area contributed by atoms with Crippen LogP contribution in [0, 0.1) is 12.7 Å². The van der Waals surface area contributed by atoms with Crippen molar-refractivity contribution in [3.63, 3.8) is 0 Å². The van der Waals surface area contributed by atoms with Crippen LogP contribution in [0.3, 0.4) is 0 Å². The lowest BCUT2D eigenvalue weighted by atomic mass is 10.1. The highest BCUT2D eigenvalue weighted by molar-refractivity contribution is 5.54. The molecule has 98 valence electrons. The highest BCUT2D eigenvalue weighted by Gasteiger charge is 2.23. The highest BCUT2D eigenvalue weighted by Crippen LogP contribution is 2.36. The van der Waals surface area contributed by atoms with Crippen LogP contribution in [0.1, 0.15) is 29.2 Å². The Balaban J connectivity index is 1.89. The third kappa shape index (κ3) is 2.16. The number of nitrogens with one attached hydrogen (secondary N) is 1. The van der Waals surface area contributed by atoms with Gasteiger partial charge in [0.25, 0.3) is 0 Å². The fraction of sp³-hybridized carbons (Fsp3) is 0.250. The molecule has 0 saturated carbocycles. The van der Waals surface area contributed by atoms with Crippen LogP contribution in [0.2, 0.25) is 0 Å². The number of rotatable bonds is 2. The van der Waals surface area contributed by atoms with E-state index in [1.54, 1.807) is 19.1 Å². The van der Waals surface area contributed by atoms with Crippen molar-refractivity contribution in [2.45, 2.75) is 25.8 Å². The lowest BCUT2D eigenvalue weighted by molar-refractivity contribution is 0.474. The number of benzene rings is 2. The van der Waals surface area contributed by atoms with E-state index in [1.165, 1.54) is 17.2 Å². The quantitative estimate of drug-likeness (QED) is 0.854. The first kappa shape index (κ1) is 12.0. The minimum Gasteiger partial charge on any atom is -0.508 e. The van der Waals surface area contributed by atoms with Gasteiger partial charge in [-0.15, -0.1) is 0 Å². The zero-order valence-corrected chi connectivity index (χ0v) is 10.8. The molecular weight excluding hydrogens is 241 g/mol. The summed E-state index contributed by atoms with van der Waals surface area (Å²) in [5, 5.41) is 12.9. The van der Waals surface area contributed by atoms with E-state index in [2.05, 4.69) is 5.32 Å². The molecule has 0 bridgehead atoms. The lowest BCUT2D eigenvalue weighted by Crippen LogP contribution is -2.08. The van der Waals surface area contributed by atoms with E-state index in [-0.39, 0.29) is 11.9 Å². The first-order chi connectivity index (χ1) is 9.15. The van der Waals surface area contributed by atoms with E-state index in [4.69, 9.17) is 0 Å². The topological polar surface area (TPSA) is 32.3 Å². The molecule has 2 N–H and O–H groups in total. The Hall–Kier alpha value is -2.03. The van der Waals surface area contributed by atoms with Crippen molar-refractivity contribution in [1.82, 2.24) is 0 Å². The van der Waals surface area contributed by atoms with Crippen molar-refractivity contribution in [2.75, 3.05) is 5.32 Å². The number of hydrogen-bond acceptors (Lipinski definition) is 2. The molecule has 3 rings (SSSR count). The van der Waals surface area contributed by atoms with Gasteiger partial charge in [-0.3, -0.25) is 0 Å². The van der Waals surface area contributed by atoms with Gasteiger partial charge >= 0.3 is 0 Å². The number of halogens is 1. The Bertz CT molecular complexity index is 624. The van der Waals surface area contributed by atoms with E-state index in [0.717, 1.165) is 18.5 Å². The summed E-state index contributed by atoms with van der Waals surface area (Å²) in [6.45, 7) is 1.78. The predicted octanol–water partition coefficient (Wildman–Crippen LogP) is 3.94. The first-order valence-electron chi connectivity index (χ1n) is 6.48. The normalized spacial score (nSPS) is 17.3. The van der Waals surface area contributed by atoms with Crippen LogP contribution >= 0.6 is 0 Å². The maximum atomic E-state index is 13.5. The predicted molar refractivity (Wildman–Crippen MR) is 73.9 cm³/mol. The second-order valence-corrected chi connectivity index (χ2v) is 5.03. The third-order valence-electron chi connectivity index (χ3n) is 3.80. The van der Waals surface area contributed by atoms with E-state index in [0.29, 0.717) is 11.3 Å². The van der Waals surface area contributed by atoms with Crippen molar-refractivity contribution in [1.29, 1.82) is 0 Å². The monoisotopic (exact) mass is 257 g/mol. The summed E-state index contributed by atoms with van der Waals surface area (Å²) in [5.74, 6) is 0.121. The Labute approximate surface area is 111 Å². The van der Waals surface area contributed by atoms with Gasteiger partial charge in [-0.25, -0.2) is 4.39 Å². The molecule has 0 amide bonds. The molecule has 19 heavy (non-hydrogen) atoms. The molecule has 1 aliphatic rings. The molecule has 2 aromatic carbocycles. The Morgan fingerprint density at radius 2 is 2.11 bits per heavy atom. The van der Waals surface area contributed by atoms with Crippen LogP contribution in [0.15, 0.2) is 36.4 Å². The minimum atomic E-state index is -0.186. The Kier molecular flexibility index (Phi) is 2.90. The second kappa shape index (κ2) is 4.57. The maximum absolute atomic E-state index is 13.5. The molecule has 2 nitrogen and oxygen atoms in total. The maximum Gasteiger partial charge on any atom is 0.128 e. The van der Waals surface area contributed by atoms with Crippen LogP contribution < -0.4 is 5.32 Å². The number of fused-ring (bicyclic) bond motifs is 1. The largest absolute Gasteiger partial charge is 0.508 e. The molecule has 0 heterocycles. The molecule has 0 aliphatic heterocycles. The number of hydrogen-bond donors (Lipinski definition) is 2. The number of aryl methyl sites for hydroxylation is 1. The van der Waals surface area contributed by atoms with Crippen molar-refractivity contribution >= 4 is 5.69 Å². The van der Waals surface area contributed by atoms with Crippen LogP contribution in [0.25, 0.3) is 0 Å². The molecule has 1 atom stereocenters. The van der Waals surface area contributed by atoms with Gasteiger partial charge < -0.3 is 10.4 Å². The second-order valence-electron chi connectivity index (χ2n) is 5.03. The van der Waals surface area contributed by atoms with E-state index < -0.39 is 0 Å². The summed E-state index contributed by atoms with van der Waals surface area (Å²) in [6, 6.07) is 10.8. The molecule has 2 aromatic rings. The zero-order valence-electron chi connectivity index (χ0n) is 10.8. The first-order valence-corrected chi connectivity index (χ1v) is 6.48. The van der Waals surface area contributed by atoms with Crippen LogP contribution in [0.5, 0.6) is 5.75 Å². The molecule has 1 unspecified atom stereocenters. The van der Waals surface area contributed by atoms with Crippen molar-refractivity contribution in [3.05, 3.63) is 58.9 Å². The molecule has 0 radical (unpaired) electrons. The fourth-order valence-electron chi connectivity index (χ4n) is 2.71. The minimum absolute atomic E-state index is 0.186. The summed E-state index contributed by atoms with van der Waals surface area (Å²) in [4.78, 5) is 0. The van der Waals surface area contributed by atoms with E-state index >= 15 is 0 Å². The summed E-state index contributed by atoms with van der Waals surface area (Å²) in [5.41, 5.74) is 3.86. The van der Waals surface area contributed by atoms with Crippen molar-refractivity contribution in [2.24, 2.45) is 0 Å². The smallest absolute Gasteiger partial charge is 0.128 e. The van der Waals surface area contributed by atoms with Gasteiger partial charge in [0.2, 0.25) is 0 Å². The lowest BCUT2D eigenvalue weighted by Gasteiger charge is -2.17. The van der Waals surface area contributed by atoms with Gasteiger partial charge in [0, 0.05) is 11.3 Å². The van der Waals surface area contributed by atoms with Crippen LogP contribution in [-0.2, 0) is 6.42 Å². The molecule has 3 heteroatoms. The molecular formula is C16H16FNO. The Morgan fingerprint density at radius 1 is 1.26 bits per heavy atom. The highest BCUT2D eigenvalue weighted by atomic mass is 19.1. The Morgan fingerprint density at radius 3 is 2.95 bits per heavy atom. The summed E-state index contributed by atoms with van der Waals surface area (Å²) in [6.07, 6.45) is 1.91. The SMILES string of the molecule is Cc1c(F)cccc1NC1CCc2cc(O)ccc21. The molecule has 0 saturated heterocycles. The third-order valence-corrected chi connectivity index (χ3v) is 3.80. The molecule has 1 aliphatic carbocycles. The summed E-state index contributed by atoms with van der Waals surface area (Å²) < 4.78 is 13.5.